The molecule has 1 aliphatic rings. The highest BCUT2D eigenvalue weighted by atomic mass is 16.3. The van der Waals surface area contributed by atoms with Crippen molar-refractivity contribution >= 4 is 5.69 Å². The fraction of sp³-hybridized carbons (Fsp3) is 0.333. The highest BCUT2D eigenvalue weighted by Crippen LogP contribution is 2.29. The average molecular weight is 149 g/mol. The molecule has 0 unspecified atom stereocenters. The summed E-state index contributed by atoms with van der Waals surface area (Å²) in [5.41, 5.74) is 3.59. The van der Waals surface area contributed by atoms with Crippen LogP contribution in [-0.2, 0) is 6.42 Å². The maximum Gasteiger partial charge on any atom is 0.116 e. The van der Waals surface area contributed by atoms with Gasteiger partial charge in [0.2, 0.25) is 0 Å². The molecule has 0 fully saturated rings. The average Bonchev–Trinajstić information content (AvgIpc) is 2.34. The van der Waals surface area contributed by atoms with Crippen molar-refractivity contribution in [3.8, 4) is 5.75 Å². The van der Waals surface area contributed by atoms with Gasteiger partial charge in [-0.25, -0.2) is 0 Å². The van der Waals surface area contributed by atoms with Gasteiger partial charge in [0.05, 0.1) is 0 Å². The molecule has 2 heteroatoms. The predicted molar refractivity (Wildman–Crippen MR) is 45.0 cm³/mol. The molecule has 0 amide bonds. The predicted octanol–water partition coefficient (Wildman–Crippen LogP) is 1.67. The van der Waals surface area contributed by atoms with Crippen LogP contribution in [0.3, 0.4) is 0 Å². The monoisotopic (exact) mass is 149 g/mol. The van der Waals surface area contributed by atoms with Crippen molar-refractivity contribution in [3.63, 3.8) is 0 Å². The molecule has 1 aliphatic heterocycles. The smallest absolute Gasteiger partial charge is 0.116 e. The first kappa shape index (κ1) is 6.53. The minimum atomic E-state index is 0.380. The molecular formula is C9H11NO. The first-order valence-corrected chi connectivity index (χ1v) is 3.84. The second-order valence-electron chi connectivity index (χ2n) is 2.97. The van der Waals surface area contributed by atoms with Crippen LogP contribution in [0.5, 0.6) is 5.75 Å². The molecule has 2 rings (SSSR count). The fourth-order valence-corrected chi connectivity index (χ4v) is 1.61. The van der Waals surface area contributed by atoms with Gasteiger partial charge in [-0.1, -0.05) is 0 Å². The van der Waals surface area contributed by atoms with Crippen LogP contribution in [0.2, 0.25) is 0 Å². The number of hydrogen-bond donors (Lipinski definition) is 2. The Hall–Kier alpha value is -1.18. The maximum absolute atomic E-state index is 9.25. The lowest BCUT2D eigenvalue weighted by Crippen LogP contribution is -1.92. The van der Waals surface area contributed by atoms with E-state index in [-0.39, 0.29) is 0 Å². The van der Waals surface area contributed by atoms with Crippen LogP contribution in [-0.4, -0.2) is 11.7 Å². The van der Waals surface area contributed by atoms with E-state index in [1.807, 2.05) is 13.0 Å². The molecule has 0 saturated carbocycles. The van der Waals surface area contributed by atoms with E-state index in [9.17, 15) is 5.11 Å². The molecule has 0 atom stereocenters. The van der Waals surface area contributed by atoms with E-state index in [0.29, 0.717) is 5.75 Å². The zero-order valence-corrected chi connectivity index (χ0v) is 6.52. The minimum Gasteiger partial charge on any atom is -0.508 e. The van der Waals surface area contributed by atoms with Gasteiger partial charge in [-0.05, 0) is 36.6 Å². The van der Waals surface area contributed by atoms with Crippen molar-refractivity contribution in [1.29, 1.82) is 0 Å². The Kier molecular flexibility index (Phi) is 1.28. The number of benzene rings is 1. The van der Waals surface area contributed by atoms with Crippen LogP contribution < -0.4 is 5.32 Å². The maximum atomic E-state index is 9.25. The molecule has 58 valence electrons. The van der Waals surface area contributed by atoms with Gasteiger partial charge in [0, 0.05) is 12.2 Å². The number of aryl methyl sites for hydroxylation is 1. The molecule has 0 spiro atoms. The van der Waals surface area contributed by atoms with Gasteiger partial charge in [-0.15, -0.1) is 0 Å². The number of phenols is 1. The van der Waals surface area contributed by atoms with E-state index in [2.05, 4.69) is 5.32 Å². The Morgan fingerprint density at radius 2 is 2.27 bits per heavy atom. The van der Waals surface area contributed by atoms with Crippen molar-refractivity contribution in [2.45, 2.75) is 13.3 Å². The molecular weight excluding hydrogens is 138 g/mol. The summed E-state index contributed by atoms with van der Waals surface area (Å²) in [7, 11) is 0. The summed E-state index contributed by atoms with van der Waals surface area (Å²) in [6, 6.07) is 3.62. The third-order valence-electron chi connectivity index (χ3n) is 2.10. The van der Waals surface area contributed by atoms with Crippen molar-refractivity contribution in [1.82, 2.24) is 0 Å². The van der Waals surface area contributed by atoms with Crippen LogP contribution in [0.15, 0.2) is 12.1 Å². The summed E-state index contributed by atoms with van der Waals surface area (Å²) in [6.07, 6.45) is 1.03. The summed E-state index contributed by atoms with van der Waals surface area (Å²) in [5, 5.41) is 12.5. The highest BCUT2D eigenvalue weighted by molar-refractivity contribution is 5.62. The lowest BCUT2D eigenvalue weighted by molar-refractivity contribution is 0.474. The van der Waals surface area contributed by atoms with Crippen LogP contribution in [0.4, 0.5) is 5.69 Å². The second kappa shape index (κ2) is 2.16. The molecule has 2 nitrogen and oxygen atoms in total. The number of phenolic OH excluding ortho intramolecular Hbond substituents is 1. The molecule has 1 heterocycles. The van der Waals surface area contributed by atoms with E-state index in [0.717, 1.165) is 18.5 Å². The van der Waals surface area contributed by atoms with E-state index in [1.54, 1.807) is 6.07 Å². The van der Waals surface area contributed by atoms with E-state index in [1.165, 1.54) is 11.3 Å². The van der Waals surface area contributed by atoms with Gasteiger partial charge >= 0.3 is 0 Å². The normalized spacial score (nSPS) is 14.3. The zero-order valence-electron chi connectivity index (χ0n) is 6.52. The Morgan fingerprint density at radius 3 is 3.09 bits per heavy atom. The van der Waals surface area contributed by atoms with Crippen LogP contribution >= 0.6 is 0 Å². The molecule has 0 radical (unpaired) electrons. The van der Waals surface area contributed by atoms with Gasteiger partial charge in [-0.2, -0.15) is 0 Å². The molecule has 1 aromatic carbocycles. The zero-order chi connectivity index (χ0) is 7.84. The van der Waals surface area contributed by atoms with Crippen LogP contribution in [0, 0.1) is 6.92 Å². The Morgan fingerprint density at radius 1 is 1.45 bits per heavy atom. The lowest BCUT2D eigenvalue weighted by atomic mass is 10.1. The number of rotatable bonds is 0. The number of fused-ring (bicyclic) bond motifs is 1. The molecule has 0 aromatic heterocycles. The second-order valence-corrected chi connectivity index (χ2v) is 2.97. The topological polar surface area (TPSA) is 32.3 Å². The van der Waals surface area contributed by atoms with Gasteiger partial charge in [0.1, 0.15) is 5.75 Å². The van der Waals surface area contributed by atoms with Gasteiger partial charge < -0.3 is 10.4 Å². The summed E-state index contributed by atoms with van der Waals surface area (Å²) in [5.74, 6) is 0.380. The molecule has 1 aromatic rings. The van der Waals surface area contributed by atoms with Gasteiger partial charge in [0.25, 0.3) is 0 Å². The third-order valence-corrected chi connectivity index (χ3v) is 2.10. The number of anilines is 1. The highest BCUT2D eigenvalue weighted by Gasteiger charge is 2.12. The van der Waals surface area contributed by atoms with Crippen molar-refractivity contribution in [3.05, 3.63) is 23.3 Å². The summed E-state index contributed by atoms with van der Waals surface area (Å²) in [6.45, 7) is 3.01. The van der Waals surface area contributed by atoms with E-state index >= 15 is 0 Å². The first-order chi connectivity index (χ1) is 5.27. The SMILES string of the molecule is Cc1cc(O)cc2c1NCC2. The number of aromatic hydroxyl groups is 1. The minimum absolute atomic E-state index is 0.380. The Bertz CT molecular complexity index is 294. The number of nitrogens with one attached hydrogen (secondary N) is 1. The standard InChI is InChI=1S/C9H11NO/c1-6-4-8(11)5-7-2-3-10-9(6)7/h4-5,10-11H,2-3H2,1H3. The van der Waals surface area contributed by atoms with E-state index in [4.69, 9.17) is 0 Å². The molecule has 2 N–H and O–H groups in total. The molecule has 0 bridgehead atoms. The lowest BCUT2D eigenvalue weighted by Gasteiger charge is -2.04. The fourth-order valence-electron chi connectivity index (χ4n) is 1.61. The Balaban J connectivity index is 2.60. The van der Waals surface area contributed by atoms with Crippen LogP contribution in [0.25, 0.3) is 0 Å². The summed E-state index contributed by atoms with van der Waals surface area (Å²) in [4.78, 5) is 0. The molecule has 11 heavy (non-hydrogen) atoms. The van der Waals surface area contributed by atoms with Crippen molar-refractivity contribution in [2.24, 2.45) is 0 Å². The molecule has 0 aliphatic carbocycles. The largest absolute Gasteiger partial charge is 0.508 e. The van der Waals surface area contributed by atoms with E-state index < -0.39 is 0 Å². The van der Waals surface area contributed by atoms with Gasteiger partial charge in [-0.3, -0.25) is 0 Å². The van der Waals surface area contributed by atoms with Crippen molar-refractivity contribution < 1.29 is 5.11 Å². The van der Waals surface area contributed by atoms with Gasteiger partial charge in [0.15, 0.2) is 0 Å². The van der Waals surface area contributed by atoms with Crippen LogP contribution in [0.1, 0.15) is 11.1 Å². The third kappa shape index (κ3) is 0.946. The summed E-state index contributed by atoms with van der Waals surface area (Å²) < 4.78 is 0. The Labute approximate surface area is 65.9 Å². The number of hydrogen-bond acceptors (Lipinski definition) is 2. The summed E-state index contributed by atoms with van der Waals surface area (Å²) >= 11 is 0. The molecule has 0 saturated heterocycles. The first-order valence-electron chi connectivity index (χ1n) is 3.84. The van der Waals surface area contributed by atoms with Crippen molar-refractivity contribution in [2.75, 3.05) is 11.9 Å². The quantitative estimate of drug-likeness (QED) is 0.550.